The predicted octanol–water partition coefficient (Wildman–Crippen LogP) is 5.80. The van der Waals surface area contributed by atoms with Crippen molar-refractivity contribution in [1.29, 1.82) is 0 Å². The molecule has 3 aromatic carbocycles. The van der Waals surface area contributed by atoms with E-state index < -0.39 is 14.3 Å². The normalized spacial score (nSPS) is 15.7. The molecule has 0 spiro atoms. The van der Waals surface area contributed by atoms with Crippen LogP contribution >= 0.6 is 0 Å². The lowest BCUT2D eigenvalue weighted by atomic mass is 10.0. The molecule has 1 fully saturated rings. The van der Waals surface area contributed by atoms with Crippen LogP contribution in [0.2, 0.25) is 5.04 Å². The van der Waals surface area contributed by atoms with Crippen LogP contribution < -0.4 is 10.4 Å². The molecule has 1 aromatic heterocycles. The van der Waals surface area contributed by atoms with Gasteiger partial charge < -0.3 is 14.1 Å². The highest BCUT2D eigenvalue weighted by atomic mass is 28.4. The second-order valence-electron chi connectivity index (χ2n) is 11.5. The van der Waals surface area contributed by atoms with Crippen molar-refractivity contribution in [2.45, 2.75) is 57.0 Å². The molecule has 38 heavy (non-hydrogen) atoms. The first-order valence-corrected chi connectivity index (χ1v) is 15.2. The summed E-state index contributed by atoms with van der Waals surface area (Å²) in [6.07, 6.45) is 3.35. The van der Waals surface area contributed by atoms with E-state index in [-0.39, 0.29) is 22.2 Å². The number of nitrogens with zero attached hydrogens (tertiary/aromatic N) is 2. The van der Waals surface area contributed by atoms with Crippen molar-refractivity contribution >= 4 is 24.7 Å². The Hall–Kier alpha value is -3.48. The van der Waals surface area contributed by atoms with E-state index in [0.717, 1.165) is 24.2 Å². The van der Waals surface area contributed by atoms with E-state index in [1.165, 1.54) is 16.6 Å². The molecule has 1 aliphatic carbocycles. The fourth-order valence-electron chi connectivity index (χ4n) is 5.78. The summed E-state index contributed by atoms with van der Waals surface area (Å²) in [6, 6.07) is 31.1. The zero-order chi connectivity index (χ0) is 27.0. The van der Waals surface area contributed by atoms with E-state index in [1.807, 2.05) is 54.0 Å². The van der Waals surface area contributed by atoms with Gasteiger partial charge in [0, 0.05) is 6.61 Å². The van der Waals surface area contributed by atoms with E-state index in [4.69, 9.17) is 9.41 Å². The Kier molecular flexibility index (Phi) is 6.88. The molecule has 0 bridgehead atoms. The summed E-state index contributed by atoms with van der Waals surface area (Å²) in [7, 11) is -2.73. The molecule has 1 N–H and O–H groups in total. The first-order chi connectivity index (χ1) is 18.2. The molecular weight excluding hydrogens is 488 g/mol. The molecule has 0 aliphatic heterocycles. The maximum Gasteiger partial charge on any atom is 0.354 e. The van der Waals surface area contributed by atoms with Crippen LogP contribution in [0.15, 0.2) is 97.2 Å². The summed E-state index contributed by atoms with van der Waals surface area (Å²) in [6.45, 7) is 9.38. The van der Waals surface area contributed by atoms with Crippen molar-refractivity contribution < 1.29 is 14.3 Å². The van der Waals surface area contributed by atoms with Crippen LogP contribution in [0, 0.1) is 0 Å². The van der Waals surface area contributed by atoms with Crippen molar-refractivity contribution in [3.8, 4) is 0 Å². The second-order valence-corrected chi connectivity index (χ2v) is 15.8. The first kappa shape index (κ1) is 26.1. The lowest BCUT2D eigenvalue weighted by molar-refractivity contribution is 0.0683. The summed E-state index contributed by atoms with van der Waals surface area (Å²) in [5, 5.41) is 12.4. The van der Waals surface area contributed by atoms with Gasteiger partial charge in [-0.1, -0.05) is 112 Å². The van der Waals surface area contributed by atoms with Crippen LogP contribution in [0.4, 0.5) is 0 Å². The van der Waals surface area contributed by atoms with Gasteiger partial charge in [0.2, 0.25) is 0 Å². The number of hydrogen-bond acceptors (Lipinski definition) is 3. The molecule has 1 unspecified atom stereocenters. The Labute approximate surface area is 226 Å². The quantitative estimate of drug-likeness (QED) is 0.281. The number of carbonyl (C=O) groups is 1. The van der Waals surface area contributed by atoms with E-state index in [0.29, 0.717) is 6.61 Å². The molecule has 0 saturated heterocycles. The number of carboxylic acid groups (broad SMARTS) is 1. The molecule has 1 heterocycles. The highest BCUT2D eigenvalue weighted by Gasteiger charge is 2.55. The summed E-state index contributed by atoms with van der Waals surface area (Å²) in [5.74, 6) is -0.153. The number of aromatic carboxylic acids is 1. The highest BCUT2D eigenvalue weighted by molar-refractivity contribution is 6.99. The zero-order valence-electron chi connectivity index (χ0n) is 22.6. The summed E-state index contributed by atoms with van der Waals surface area (Å²) in [5.41, 5.74) is 0.954. The zero-order valence-corrected chi connectivity index (χ0v) is 23.6. The van der Waals surface area contributed by atoms with E-state index >= 15 is 0 Å². The molecule has 1 saturated carbocycles. The average molecular weight is 525 g/mol. The van der Waals surface area contributed by atoms with Gasteiger partial charge in [0.25, 0.3) is 8.32 Å². The standard InChI is InChI=1S/C32H36N2O3Si/c1-24(25-14-8-5-9-15-25)34-28(29(35)36)22-33-30(34)32(20-21-32)23-37-38(31(2,3)4,26-16-10-6-11-17-26)27-18-12-7-13-19-27/h5-19,22,24H,20-21,23H2,1-4H3,(H,35,36). The van der Waals surface area contributed by atoms with Gasteiger partial charge in [0.05, 0.1) is 17.7 Å². The third-order valence-electron chi connectivity index (χ3n) is 7.99. The van der Waals surface area contributed by atoms with Gasteiger partial charge in [-0.15, -0.1) is 0 Å². The molecule has 1 atom stereocenters. The van der Waals surface area contributed by atoms with Gasteiger partial charge in [0.15, 0.2) is 0 Å². The third-order valence-corrected chi connectivity index (χ3v) is 13.0. The van der Waals surface area contributed by atoms with Crippen LogP contribution in [-0.2, 0) is 9.84 Å². The van der Waals surface area contributed by atoms with Crippen molar-refractivity contribution in [2.75, 3.05) is 6.61 Å². The molecule has 196 valence electrons. The van der Waals surface area contributed by atoms with E-state index in [1.54, 1.807) is 0 Å². The Morgan fingerprint density at radius 3 is 1.89 bits per heavy atom. The number of imidazole rings is 1. The van der Waals surface area contributed by atoms with E-state index in [2.05, 4.69) is 69.3 Å². The van der Waals surface area contributed by atoms with Gasteiger partial charge >= 0.3 is 5.97 Å². The maximum absolute atomic E-state index is 12.3. The Balaban J connectivity index is 1.58. The molecular formula is C32H36N2O3Si. The average Bonchev–Trinajstić information content (AvgIpc) is 3.57. The lowest BCUT2D eigenvalue weighted by Crippen LogP contribution is -2.67. The van der Waals surface area contributed by atoms with Crippen molar-refractivity contribution in [1.82, 2.24) is 9.55 Å². The van der Waals surface area contributed by atoms with Crippen molar-refractivity contribution in [3.05, 3.63) is 114 Å². The van der Waals surface area contributed by atoms with Gasteiger partial charge in [-0.25, -0.2) is 9.78 Å². The Morgan fingerprint density at radius 2 is 1.45 bits per heavy atom. The summed E-state index contributed by atoms with van der Waals surface area (Å²) < 4.78 is 9.21. The maximum atomic E-state index is 12.3. The van der Waals surface area contributed by atoms with Crippen molar-refractivity contribution in [2.24, 2.45) is 0 Å². The van der Waals surface area contributed by atoms with Crippen LogP contribution in [0.3, 0.4) is 0 Å². The number of rotatable bonds is 9. The van der Waals surface area contributed by atoms with Crippen molar-refractivity contribution in [3.63, 3.8) is 0 Å². The fraction of sp³-hybridized carbons (Fsp3) is 0.312. The number of hydrogen-bond donors (Lipinski definition) is 1. The van der Waals surface area contributed by atoms with Gasteiger partial charge in [0.1, 0.15) is 11.5 Å². The third kappa shape index (κ3) is 4.52. The second kappa shape index (κ2) is 10.0. The first-order valence-electron chi connectivity index (χ1n) is 13.3. The molecule has 6 heteroatoms. The van der Waals surface area contributed by atoms with Crippen LogP contribution in [-0.4, -0.2) is 35.6 Å². The van der Waals surface area contributed by atoms with Gasteiger partial charge in [-0.2, -0.15) is 0 Å². The monoisotopic (exact) mass is 524 g/mol. The SMILES string of the molecule is CC(c1ccccc1)n1c(C(=O)O)cnc1C1(CO[Si](c2ccccc2)(c2ccccc2)C(C)(C)C)CC1. The molecule has 0 amide bonds. The van der Waals surface area contributed by atoms with Gasteiger partial charge in [-0.3, -0.25) is 0 Å². The fourth-order valence-corrected chi connectivity index (χ4v) is 10.4. The Morgan fingerprint density at radius 1 is 0.947 bits per heavy atom. The smallest absolute Gasteiger partial charge is 0.354 e. The van der Waals surface area contributed by atoms with Crippen LogP contribution in [0.5, 0.6) is 0 Å². The largest absolute Gasteiger partial charge is 0.477 e. The minimum Gasteiger partial charge on any atom is -0.477 e. The highest BCUT2D eigenvalue weighted by Crippen LogP contribution is 2.50. The number of aromatic nitrogens is 2. The predicted molar refractivity (Wildman–Crippen MR) is 154 cm³/mol. The summed E-state index contributed by atoms with van der Waals surface area (Å²) in [4.78, 5) is 17.0. The minimum absolute atomic E-state index is 0.134. The van der Waals surface area contributed by atoms with Gasteiger partial charge in [-0.05, 0) is 40.7 Å². The van der Waals surface area contributed by atoms with Crippen LogP contribution in [0.25, 0.3) is 0 Å². The lowest BCUT2D eigenvalue weighted by Gasteiger charge is -2.44. The van der Waals surface area contributed by atoms with E-state index in [9.17, 15) is 9.90 Å². The molecule has 5 rings (SSSR count). The number of benzene rings is 3. The molecule has 5 nitrogen and oxygen atoms in total. The minimum atomic E-state index is -2.73. The molecule has 4 aromatic rings. The Bertz CT molecular complexity index is 1350. The van der Waals surface area contributed by atoms with Crippen LogP contribution in [0.1, 0.15) is 68.5 Å². The molecule has 0 radical (unpaired) electrons. The number of carboxylic acids is 1. The summed E-state index contributed by atoms with van der Waals surface area (Å²) >= 11 is 0. The molecule has 1 aliphatic rings. The topological polar surface area (TPSA) is 64.4 Å².